The molecule has 0 spiro atoms. The summed E-state index contributed by atoms with van der Waals surface area (Å²) >= 11 is 0. The van der Waals surface area contributed by atoms with Crippen LogP contribution in [0.4, 0.5) is 14.5 Å². The lowest BCUT2D eigenvalue weighted by Gasteiger charge is -2.31. The van der Waals surface area contributed by atoms with Gasteiger partial charge in [0.25, 0.3) is 0 Å². The van der Waals surface area contributed by atoms with E-state index >= 15 is 0 Å². The molecule has 0 aliphatic carbocycles. The Bertz CT molecular complexity index is 1350. The molecule has 0 saturated carbocycles. The molecule has 0 bridgehead atoms. The first kappa shape index (κ1) is 25.0. The van der Waals surface area contributed by atoms with Crippen LogP contribution in [0.15, 0.2) is 72.8 Å². The summed E-state index contributed by atoms with van der Waals surface area (Å²) in [7, 11) is 0. The monoisotopic (exact) mass is 491 g/mol. The second kappa shape index (κ2) is 11.1. The van der Waals surface area contributed by atoms with Gasteiger partial charge >= 0.3 is 0 Å². The highest BCUT2D eigenvalue weighted by molar-refractivity contribution is 6.01. The highest BCUT2D eigenvalue weighted by atomic mass is 19.1. The van der Waals surface area contributed by atoms with Crippen molar-refractivity contribution in [3.8, 4) is 0 Å². The van der Waals surface area contributed by atoms with E-state index in [1.165, 1.54) is 52.0 Å². The summed E-state index contributed by atoms with van der Waals surface area (Å²) in [6, 6.07) is 16.8. The van der Waals surface area contributed by atoms with Crippen LogP contribution < -0.4 is 10.2 Å². The second-order valence-corrected chi connectivity index (χ2v) is 8.91. The van der Waals surface area contributed by atoms with Gasteiger partial charge in [0.1, 0.15) is 29.7 Å². The average Bonchev–Trinajstić information content (AvgIpc) is 3.25. The van der Waals surface area contributed by atoms with E-state index in [1.807, 2.05) is 19.9 Å². The molecule has 36 heavy (non-hydrogen) atoms. The molecule has 0 fully saturated rings. The number of para-hydroxylation sites is 1. The van der Waals surface area contributed by atoms with Crippen LogP contribution in [0.1, 0.15) is 31.9 Å². The van der Waals surface area contributed by atoms with Gasteiger partial charge in [-0.1, -0.05) is 49.4 Å². The van der Waals surface area contributed by atoms with Crippen LogP contribution in [0.2, 0.25) is 0 Å². The smallest absolute Gasteiger partial charge is 0.249 e. The van der Waals surface area contributed by atoms with Crippen LogP contribution in [0.25, 0.3) is 11.0 Å². The standard InChI is InChI=1S/C27H27F2N5O2/c1-18(2)14-15-30-27(36)26(19-10-12-20(28)13-11-19)34(22-7-5-6-21(29)16-22)25(35)17-33-24-9-4-3-8-23(24)31-32-33/h3-13,16,18,26H,14-15,17H2,1-2H3,(H,30,36)/t26-/m1/s1. The molecule has 0 unspecified atom stereocenters. The fraction of sp³-hybridized carbons (Fsp3) is 0.259. The van der Waals surface area contributed by atoms with Crippen molar-refractivity contribution in [2.75, 3.05) is 11.4 Å². The third-order valence-corrected chi connectivity index (χ3v) is 5.77. The zero-order valence-corrected chi connectivity index (χ0v) is 20.1. The largest absolute Gasteiger partial charge is 0.354 e. The van der Waals surface area contributed by atoms with Crippen LogP contribution in [0, 0.1) is 17.6 Å². The van der Waals surface area contributed by atoms with Crippen molar-refractivity contribution in [2.45, 2.75) is 32.9 Å². The average molecular weight is 492 g/mol. The van der Waals surface area contributed by atoms with Gasteiger partial charge in [-0.25, -0.2) is 13.5 Å². The highest BCUT2D eigenvalue weighted by Gasteiger charge is 2.33. The Morgan fingerprint density at radius 2 is 1.72 bits per heavy atom. The van der Waals surface area contributed by atoms with Gasteiger partial charge in [0, 0.05) is 12.2 Å². The molecular formula is C27H27F2N5O2. The molecule has 3 aromatic carbocycles. The minimum atomic E-state index is -1.16. The van der Waals surface area contributed by atoms with Crippen molar-refractivity contribution in [2.24, 2.45) is 5.92 Å². The van der Waals surface area contributed by atoms with E-state index in [1.54, 1.807) is 24.3 Å². The summed E-state index contributed by atoms with van der Waals surface area (Å²) in [6.07, 6.45) is 0.737. The van der Waals surface area contributed by atoms with Crippen LogP contribution in [-0.2, 0) is 16.1 Å². The zero-order chi connectivity index (χ0) is 25.7. The zero-order valence-electron chi connectivity index (χ0n) is 20.1. The number of hydrogen-bond acceptors (Lipinski definition) is 4. The Morgan fingerprint density at radius 3 is 2.44 bits per heavy atom. The molecule has 0 saturated heterocycles. The van der Waals surface area contributed by atoms with Crippen molar-refractivity contribution >= 4 is 28.5 Å². The molecule has 1 heterocycles. The number of aromatic nitrogens is 3. The van der Waals surface area contributed by atoms with Gasteiger partial charge in [-0.05, 0) is 60.4 Å². The molecule has 0 aliphatic rings. The normalized spacial score (nSPS) is 12.0. The summed E-state index contributed by atoms with van der Waals surface area (Å²) in [5.41, 5.74) is 1.84. The Balaban J connectivity index is 1.76. The van der Waals surface area contributed by atoms with Crippen molar-refractivity contribution < 1.29 is 18.4 Å². The highest BCUT2D eigenvalue weighted by Crippen LogP contribution is 2.29. The molecule has 2 amide bonds. The molecule has 1 atom stereocenters. The van der Waals surface area contributed by atoms with Gasteiger partial charge in [0.2, 0.25) is 11.8 Å². The molecule has 4 aromatic rings. The Morgan fingerprint density at radius 1 is 0.972 bits per heavy atom. The Labute approximate surface area is 207 Å². The predicted molar refractivity (Wildman–Crippen MR) is 133 cm³/mol. The van der Waals surface area contributed by atoms with Crippen LogP contribution in [0.5, 0.6) is 0 Å². The molecule has 1 aromatic heterocycles. The van der Waals surface area contributed by atoms with E-state index in [9.17, 15) is 18.4 Å². The quantitative estimate of drug-likeness (QED) is 0.370. The molecule has 0 radical (unpaired) electrons. The fourth-order valence-corrected chi connectivity index (χ4v) is 3.94. The predicted octanol–water partition coefficient (Wildman–Crippen LogP) is 4.65. The number of nitrogens with zero attached hydrogens (tertiary/aromatic N) is 4. The number of anilines is 1. The number of carbonyl (C=O) groups excluding carboxylic acids is 2. The van der Waals surface area contributed by atoms with E-state index in [2.05, 4.69) is 15.6 Å². The minimum absolute atomic E-state index is 0.192. The first-order valence-corrected chi connectivity index (χ1v) is 11.7. The molecule has 9 heteroatoms. The van der Waals surface area contributed by atoms with E-state index in [4.69, 9.17) is 0 Å². The number of amides is 2. The van der Waals surface area contributed by atoms with Crippen molar-refractivity contribution in [1.82, 2.24) is 20.3 Å². The summed E-state index contributed by atoms with van der Waals surface area (Å²) in [4.78, 5) is 28.5. The van der Waals surface area contributed by atoms with Gasteiger partial charge in [-0.15, -0.1) is 5.10 Å². The maximum atomic E-state index is 14.3. The topological polar surface area (TPSA) is 80.1 Å². The van der Waals surface area contributed by atoms with Crippen molar-refractivity contribution in [1.29, 1.82) is 0 Å². The number of rotatable bonds is 9. The van der Waals surface area contributed by atoms with E-state index < -0.39 is 29.5 Å². The molecular weight excluding hydrogens is 464 g/mol. The molecule has 1 N–H and O–H groups in total. The maximum absolute atomic E-state index is 14.3. The summed E-state index contributed by atoms with van der Waals surface area (Å²) in [5, 5.41) is 11.0. The lowest BCUT2D eigenvalue weighted by atomic mass is 10.0. The number of halogens is 2. The SMILES string of the molecule is CC(C)CCNC(=O)[C@@H](c1ccc(F)cc1)N(C(=O)Cn1nnc2ccccc21)c1cccc(F)c1. The third kappa shape index (κ3) is 5.73. The van der Waals surface area contributed by atoms with Gasteiger partial charge < -0.3 is 5.32 Å². The van der Waals surface area contributed by atoms with E-state index in [0.29, 0.717) is 29.1 Å². The van der Waals surface area contributed by atoms with E-state index in [0.717, 1.165) is 6.42 Å². The lowest BCUT2D eigenvalue weighted by Crippen LogP contribution is -2.45. The third-order valence-electron chi connectivity index (χ3n) is 5.77. The summed E-state index contributed by atoms with van der Waals surface area (Å²) in [6.45, 7) is 4.23. The van der Waals surface area contributed by atoms with Gasteiger partial charge in [0.15, 0.2) is 0 Å². The summed E-state index contributed by atoms with van der Waals surface area (Å²) < 4.78 is 29.4. The van der Waals surface area contributed by atoms with E-state index in [-0.39, 0.29) is 12.2 Å². The number of carbonyl (C=O) groups is 2. The number of hydrogen-bond donors (Lipinski definition) is 1. The number of nitrogens with one attached hydrogen (secondary N) is 1. The van der Waals surface area contributed by atoms with Gasteiger partial charge in [-0.2, -0.15) is 0 Å². The Kier molecular flexibility index (Phi) is 7.68. The number of fused-ring (bicyclic) bond motifs is 1. The second-order valence-electron chi connectivity index (χ2n) is 8.91. The molecule has 7 nitrogen and oxygen atoms in total. The fourth-order valence-electron chi connectivity index (χ4n) is 3.94. The first-order valence-electron chi connectivity index (χ1n) is 11.7. The minimum Gasteiger partial charge on any atom is -0.354 e. The molecule has 186 valence electrons. The number of benzene rings is 3. The Hall–Kier alpha value is -4.14. The van der Waals surface area contributed by atoms with Crippen LogP contribution >= 0.6 is 0 Å². The van der Waals surface area contributed by atoms with Crippen molar-refractivity contribution in [3.63, 3.8) is 0 Å². The maximum Gasteiger partial charge on any atom is 0.249 e. The van der Waals surface area contributed by atoms with Crippen molar-refractivity contribution in [3.05, 3.63) is 90.0 Å². The summed E-state index contributed by atoms with van der Waals surface area (Å²) in [5.74, 6) is -1.64. The van der Waals surface area contributed by atoms with Crippen LogP contribution in [0.3, 0.4) is 0 Å². The molecule has 0 aliphatic heterocycles. The molecule has 4 rings (SSSR count). The van der Waals surface area contributed by atoms with Gasteiger partial charge in [0.05, 0.1) is 5.52 Å². The van der Waals surface area contributed by atoms with Crippen LogP contribution in [-0.4, -0.2) is 33.4 Å². The van der Waals surface area contributed by atoms with Gasteiger partial charge in [-0.3, -0.25) is 14.5 Å². The first-order chi connectivity index (χ1) is 17.3. The lowest BCUT2D eigenvalue weighted by molar-refractivity contribution is -0.127.